The van der Waals surface area contributed by atoms with Crippen molar-refractivity contribution in [2.75, 3.05) is 14.1 Å². The van der Waals surface area contributed by atoms with Gasteiger partial charge < -0.3 is 10.2 Å². The van der Waals surface area contributed by atoms with Crippen LogP contribution in [0.25, 0.3) is 0 Å². The second kappa shape index (κ2) is 8.70. The van der Waals surface area contributed by atoms with E-state index in [1.165, 1.54) is 28.1 Å². The molecule has 0 unspecified atom stereocenters. The summed E-state index contributed by atoms with van der Waals surface area (Å²) in [6.45, 7) is 8.03. The zero-order valence-electron chi connectivity index (χ0n) is 16.4. The highest BCUT2D eigenvalue weighted by molar-refractivity contribution is 5.79. The van der Waals surface area contributed by atoms with E-state index in [1.54, 1.807) is 0 Å². The van der Waals surface area contributed by atoms with E-state index in [4.69, 9.17) is 0 Å². The summed E-state index contributed by atoms with van der Waals surface area (Å²) in [6, 6.07) is 8.64. The molecule has 5 heteroatoms. The van der Waals surface area contributed by atoms with E-state index in [2.05, 4.69) is 72.4 Å². The molecule has 1 N–H and O–H groups in total. The highest BCUT2D eigenvalue weighted by Gasteiger charge is 2.15. The molecule has 0 spiro atoms. The molecule has 136 valence electrons. The van der Waals surface area contributed by atoms with Gasteiger partial charge in [0.25, 0.3) is 0 Å². The third-order valence-corrected chi connectivity index (χ3v) is 4.56. The third-order valence-electron chi connectivity index (χ3n) is 4.56. The summed E-state index contributed by atoms with van der Waals surface area (Å²) in [5.74, 6) is 0.897. The zero-order valence-corrected chi connectivity index (χ0v) is 16.4. The number of rotatable bonds is 6. The Balaban J connectivity index is 2.06. The van der Waals surface area contributed by atoms with Crippen LogP contribution in [0.3, 0.4) is 0 Å². The molecule has 0 fully saturated rings. The first-order valence-corrected chi connectivity index (χ1v) is 9.01. The zero-order chi connectivity index (χ0) is 18.4. The van der Waals surface area contributed by atoms with Crippen LogP contribution >= 0.6 is 0 Å². The van der Waals surface area contributed by atoms with Gasteiger partial charge in [0.05, 0.1) is 5.69 Å². The van der Waals surface area contributed by atoms with Crippen LogP contribution < -0.4 is 5.32 Å². The normalized spacial score (nSPS) is 11.7. The van der Waals surface area contributed by atoms with Gasteiger partial charge in [0, 0.05) is 45.5 Å². The first kappa shape index (κ1) is 19.0. The van der Waals surface area contributed by atoms with Gasteiger partial charge >= 0.3 is 0 Å². The number of hydrogen-bond donors (Lipinski definition) is 1. The molecule has 25 heavy (non-hydrogen) atoms. The molecule has 0 saturated heterocycles. The predicted octanol–water partition coefficient (Wildman–Crippen LogP) is 3.06. The van der Waals surface area contributed by atoms with Crippen molar-refractivity contribution >= 4 is 5.96 Å². The van der Waals surface area contributed by atoms with Crippen molar-refractivity contribution in [1.29, 1.82) is 0 Å². The maximum Gasteiger partial charge on any atom is 0.193 e. The minimum atomic E-state index is 0.755. The summed E-state index contributed by atoms with van der Waals surface area (Å²) in [4.78, 5) is 6.59. The maximum atomic E-state index is 4.65. The Bertz CT molecular complexity index is 712. The van der Waals surface area contributed by atoms with Crippen LogP contribution in [-0.2, 0) is 33.0 Å². The quantitative estimate of drug-likeness (QED) is 0.649. The second-order valence-corrected chi connectivity index (χ2v) is 6.45. The Morgan fingerprint density at radius 3 is 2.44 bits per heavy atom. The lowest BCUT2D eigenvalue weighted by molar-refractivity contribution is 0.476. The molecule has 0 bridgehead atoms. The molecule has 1 heterocycles. The first-order valence-electron chi connectivity index (χ1n) is 9.01. The van der Waals surface area contributed by atoms with E-state index in [9.17, 15) is 0 Å². The van der Waals surface area contributed by atoms with Crippen LogP contribution in [0.1, 0.15) is 41.9 Å². The van der Waals surface area contributed by atoms with E-state index in [1.807, 2.05) is 18.8 Å². The Kier molecular flexibility index (Phi) is 6.62. The minimum Gasteiger partial charge on any atom is -0.352 e. The second-order valence-electron chi connectivity index (χ2n) is 6.45. The van der Waals surface area contributed by atoms with E-state index in [0.717, 1.165) is 31.9 Å². The summed E-state index contributed by atoms with van der Waals surface area (Å²) >= 11 is 0. The fourth-order valence-electron chi connectivity index (χ4n) is 3.19. The van der Waals surface area contributed by atoms with Crippen molar-refractivity contribution in [1.82, 2.24) is 20.0 Å². The SMILES string of the molecule is CCc1nn(C)c(CC)c1CNC(=NC)N(C)Cc1ccc(C)cc1. The monoisotopic (exact) mass is 341 g/mol. The van der Waals surface area contributed by atoms with Gasteiger partial charge in [0.1, 0.15) is 0 Å². The number of aromatic nitrogens is 2. The van der Waals surface area contributed by atoms with Gasteiger partial charge in [-0.3, -0.25) is 9.67 Å². The average molecular weight is 342 g/mol. The molecule has 0 radical (unpaired) electrons. The number of nitrogens with zero attached hydrogens (tertiary/aromatic N) is 4. The van der Waals surface area contributed by atoms with E-state index < -0.39 is 0 Å². The van der Waals surface area contributed by atoms with Crippen molar-refractivity contribution in [2.45, 2.75) is 46.7 Å². The molecule has 0 atom stereocenters. The van der Waals surface area contributed by atoms with Crippen LogP contribution in [0.4, 0.5) is 0 Å². The Labute approximate surface area is 151 Å². The van der Waals surface area contributed by atoms with Crippen molar-refractivity contribution < 1.29 is 0 Å². The lowest BCUT2D eigenvalue weighted by Gasteiger charge is -2.22. The van der Waals surface area contributed by atoms with Crippen LogP contribution in [0.2, 0.25) is 0 Å². The molecule has 0 aliphatic heterocycles. The largest absolute Gasteiger partial charge is 0.352 e. The van der Waals surface area contributed by atoms with E-state index in [0.29, 0.717) is 0 Å². The fourth-order valence-corrected chi connectivity index (χ4v) is 3.19. The van der Waals surface area contributed by atoms with Crippen LogP contribution in [-0.4, -0.2) is 34.7 Å². The number of nitrogens with one attached hydrogen (secondary N) is 1. The molecule has 2 aromatic rings. The first-order chi connectivity index (χ1) is 12.0. The summed E-state index contributed by atoms with van der Waals surface area (Å²) in [6.07, 6.45) is 1.93. The summed E-state index contributed by atoms with van der Waals surface area (Å²) in [5.41, 5.74) is 6.33. The average Bonchev–Trinajstić information content (AvgIpc) is 2.92. The molecule has 0 aliphatic carbocycles. The lowest BCUT2D eigenvalue weighted by Crippen LogP contribution is -2.38. The van der Waals surface area contributed by atoms with Crippen molar-refractivity contribution in [3.05, 3.63) is 52.3 Å². The molecular formula is C20H31N5. The summed E-state index contributed by atoms with van der Waals surface area (Å²) in [5, 5.41) is 8.15. The highest BCUT2D eigenvalue weighted by Crippen LogP contribution is 2.15. The predicted molar refractivity (Wildman–Crippen MR) is 105 cm³/mol. The smallest absolute Gasteiger partial charge is 0.193 e. The van der Waals surface area contributed by atoms with Crippen LogP contribution in [0.5, 0.6) is 0 Å². The standard InChI is InChI=1S/C20H31N5/c1-7-18-17(19(8-2)25(6)23-18)13-22-20(21-4)24(5)14-16-11-9-15(3)10-12-16/h9-12H,7-8,13-14H2,1-6H3,(H,21,22). The van der Waals surface area contributed by atoms with Gasteiger partial charge in [-0.15, -0.1) is 0 Å². The molecule has 2 rings (SSSR count). The van der Waals surface area contributed by atoms with Crippen molar-refractivity contribution in [3.8, 4) is 0 Å². The number of aliphatic imine (C=N–C) groups is 1. The highest BCUT2D eigenvalue weighted by atomic mass is 15.3. The van der Waals surface area contributed by atoms with E-state index >= 15 is 0 Å². The van der Waals surface area contributed by atoms with Gasteiger partial charge in [-0.1, -0.05) is 43.7 Å². The summed E-state index contributed by atoms with van der Waals surface area (Å²) < 4.78 is 2.01. The van der Waals surface area contributed by atoms with Gasteiger partial charge in [0.15, 0.2) is 5.96 Å². The Hall–Kier alpha value is -2.30. The Morgan fingerprint density at radius 2 is 1.88 bits per heavy atom. The number of guanidine groups is 1. The number of hydrogen-bond acceptors (Lipinski definition) is 2. The van der Waals surface area contributed by atoms with Crippen LogP contribution in [0.15, 0.2) is 29.3 Å². The van der Waals surface area contributed by atoms with Gasteiger partial charge in [0.2, 0.25) is 0 Å². The maximum absolute atomic E-state index is 4.65. The molecule has 1 aromatic carbocycles. The molecule has 0 amide bonds. The molecule has 1 aromatic heterocycles. The third kappa shape index (κ3) is 4.62. The van der Waals surface area contributed by atoms with Crippen LogP contribution in [0, 0.1) is 6.92 Å². The molecule has 0 saturated carbocycles. The van der Waals surface area contributed by atoms with Gasteiger partial charge in [-0.25, -0.2) is 0 Å². The minimum absolute atomic E-state index is 0.755. The lowest BCUT2D eigenvalue weighted by atomic mass is 10.1. The van der Waals surface area contributed by atoms with Gasteiger partial charge in [-0.2, -0.15) is 5.10 Å². The topological polar surface area (TPSA) is 45.5 Å². The Morgan fingerprint density at radius 1 is 1.20 bits per heavy atom. The molecule has 5 nitrogen and oxygen atoms in total. The van der Waals surface area contributed by atoms with Gasteiger partial charge in [-0.05, 0) is 25.3 Å². The fraction of sp³-hybridized carbons (Fsp3) is 0.500. The van der Waals surface area contributed by atoms with E-state index in [-0.39, 0.29) is 0 Å². The number of benzene rings is 1. The van der Waals surface area contributed by atoms with Crippen molar-refractivity contribution in [3.63, 3.8) is 0 Å². The van der Waals surface area contributed by atoms with Crippen molar-refractivity contribution in [2.24, 2.45) is 12.0 Å². The molecular weight excluding hydrogens is 310 g/mol. The summed E-state index contributed by atoms with van der Waals surface area (Å²) in [7, 11) is 5.93. The molecule has 0 aliphatic rings. The number of aryl methyl sites for hydroxylation is 3.